The average molecular weight is 397 g/mol. The van der Waals surface area contributed by atoms with Crippen molar-refractivity contribution in [2.45, 2.75) is 44.9 Å². The van der Waals surface area contributed by atoms with Crippen molar-refractivity contribution >= 4 is 0 Å². The molecule has 158 valence electrons. The zero-order valence-corrected chi connectivity index (χ0v) is 18.1. The highest BCUT2D eigenvalue weighted by atomic mass is 16.5. The van der Waals surface area contributed by atoms with Gasteiger partial charge in [-0.05, 0) is 31.4 Å². The van der Waals surface area contributed by atoms with Crippen molar-refractivity contribution in [3.05, 3.63) is 71.8 Å². The second-order valence-electron chi connectivity index (χ2n) is 8.64. The first kappa shape index (κ1) is 22.0. The van der Waals surface area contributed by atoms with Crippen molar-refractivity contribution in [3.63, 3.8) is 0 Å². The Balaban J connectivity index is 1.58. The monoisotopic (exact) mass is 396 g/mol. The molecular weight excluding hydrogens is 360 g/mol. The van der Waals surface area contributed by atoms with E-state index in [4.69, 9.17) is 4.74 Å². The molecular formula is C25H36N2O2. The summed E-state index contributed by atoms with van der Waals surface area (Å²) < 4.78 is 5.87. The average Bonchev–Trinajstić information content (AvgIpc) is 2.75. The topological polar surface area (TPSA) is 35.9 Å². The van der Waals surface area contributed by atoms with Crippen LogP contribution in [-0.4, -0.2) is 65.9 Å². The van der Waals surface area contributed by atoms with Gasteiger partial charge < -0.3 is 9.84 Å². The van der Waals surface area contributed by atoms with Gasteiger partial charge in [-0.1, -0.05) is 67.6 Å². The Morgan fingerprint density at radius 3 is 1.90 bits per heavy atom. The molecule has 0 amide bonds. The van der Waals surface area contributed by atoms with E-state index in [0.29, 0.717) is 13.2 Å². The molecule has 2 aromatic carbocycles. The fourth-order valence-electron chi connectivity index (χ4n) is 3.86. The Morgan fingerprint density at radius 1 is 0.897 bits per heavy atom. The molecule has 1 aliphatic rings. The molecule has 0 aliphatic carbocycles. The van der Waals surface area contributed by atoms with Gasteiger partial charge in [0.05, 0.1) is 24.4 Å². The smallest absolute Gasteiger partial charge is 0.0900 e. The van der Waals surface area contributed by atoms with Gasteiger partial charge in [0.1, 0.15) is 0 Å². The van der Waals surface area contributed by atoms with Crippen LogP contribution in [0.25, 0.3) is 0 Å². The molecule has 4 nitrogen and oxygen atoms in total. The Labute approximate surface area is 176 Å². The minimum atomic E-state index is -0.439. The highest BCUT2D eigenvalue weighted by molar-refractivity contribution is 5.31. The predicted octanol–water partition coefficient (Wildman–Crippen LogP) is 3.96. The van der Waals surface area contributed by atoms with Gasteiger partial charge >= 0.3 is 0 Å². The molecule has 3 rings (SSSR count). The maximum Gasteiger partial charge on any atom is 0.0900 e. The Morgan fingerprint density at radius 2 is 1.41 bits per heavy atom. The number of hydrogen-bond donors (Lipinski definition) is 1. The van der Waals surface area contributed by atoms with Gasteiger partial charge in [0.2, 0.25) is 0 Å². The summed E-state index contributed by atoms with van der Waals surface area (Å²) >= 11 is 0. The van der Waals surface area contributed by atoms with Crippen molar-refractivity contribution in [1.29, 1.82) is 0 Å². The van der Waals surface area contributed by atoms with Crippen LogP contribution in [0.15, 0.2) is 60.7 Å². The van der Waals surface area contributed by atoms with Crippen LogP contribution < -0.4 is 0 Å². The van der Waals surface area contributed by atoms with Crippen LogP contribution in [0.4, 0.5) is 0 Å². The number of hydrogen-bond acceptors (Lipinski definition) is 4. The van der Waals surface area contributed by atoms with Crippen LogP contribution in [0.2, 0.25) is 0 Å². The quantitative estimate of drug-likeness (QED) is 0.696. The van der Waals surface area contributed by atoms with Gasteiger partial charge in [-0.2, -0.15) is 0 Å². The normalized spacial score (nSPS) is 17.6. The number of piperazine rings is 1. The molecule has 0 spiro atoms. The Kier molecular flexibility index (Phi) is 7.84. The summed E-state index contributed by atoms with van der Waals surface area (Å²) in [6, 6.07) is 21.8. The largest absolute Gasteiger partial charge is 0.389 e. The first-order chi connectivity index (χ1) is 14.0. The predicted molar refractivity (Wildman–Crippen MR) is 119 cm³/mol. The van der Waals surface area contributed by atoms with Crippen molar-refractivity contribution < 1.29 is 9.84 Å². The van der Waals surface area contributed by atoms with E-state index in [1.165, 1.54) is 11.1 Å². The molecule has 1 atom stereocenters. The first-order valence-electron chi connectivity index (χ1n) is 10.9. The summed E-state index contributed by atoms with van der Waals surface area (Å²) in [5, 5.41) is 10.4. The van der Waals surface area contributed by atoms with Gasteiger partial charge in [0, 0.05) is 32.7 Å². The minimum absolute atomic E-state index is 0.168. The van der Waals surface area contributed by atoms with Gasteiger partial charge in [0.15, 0.2) is 0 Å². The van der Waals surface area contributed by atoms with Crippen molar-refractivity contribution in [1.82, 2.24) is 9.80 Å². The third-order valence-electron chi connectivity index (χ3n) is 5.99. The number of aliphatic hydroxyl groups excluding tert-OH is 1. The maximum absolute atomic E-state index is 10.4. The van der Waals surface area contributed by atoms with Gasteiger partial charge in [-0.15, -0.1) is 0 Å². The molecule has 0 saturated carbocycles. The van der Waals surface area contributed by atoms with Gasteiger partial charge in [-0.3, -0.25) is 9.80 Å². The standard InChI is InChI=1S/C25H36N2O2/c1-4-25(2,3)29-20-23(28)19-26-15-17-27(18-16-26)24(21-11-7-5-8-12-21)22-13-9-6-10-14-22/h5-14,23-24,28H,4,15-20H2,1-3H3. The highest BCUT2D eigenvalue weighted by Crippen LogP contribution is 2.29. The molecule has 1 aliphatic heterocycles. The van der Waals surface area contributed by atoms with Gasteiger partial charge in [-0.25, -0.2) is 0 Å². The lowest BCUT2D eigenvalue weighted by molar-refractivity contribution is -0.0696. The Bertz CT molecular complexity index is 673. The molecule has 2 aromatic rings. The van der Waals surface area contributed by atoms with E-state index in [9.17, 15) is 5.11 Å². The fraction of sp³-hybridized carbons (Fsp3) is 0.520. The van der Waals surface area contributed by atoms with Crippen LogP contribution in [0.3, 0.4) is 0 Å². The number of benzene rings is 2. The zero-order valence-electron chi connectivity index (χ0n) is 18.1. The summed E-state index contributed by atoms with van der Waals surface area (Å²) in [6.07, 6.45) is 0.505. The van der Waals surface area contributed by atoms with E-state index < -0.39 is 6.10 Å². The molecule has 1 N–H and O–H groups in total. The van der Waals surface area contributed by atoms with Crippen LogP contribution >= 0.6 is 0 Å². The van der Waals surface area contributed by atoms with E-state index >= 15 is 0 Å². The lowest BCUT2D eigenvalue weighted by atomic mass is 9.96. The highest BCUT2D eigenvalue weighted by Gasteiger charge is 2.27. The molecule has 1 unspecified atom stereocenters. The van der Waals surface area contributed by atoms with E-state index in [1.807, 2.05) is 0 Å². The second kappa shape index (κ2) is 10.4. The minimum Gasteiger partial charge on any atom is -0.389 e. The molecule has 1 heterocycles. The molecule has 0 aromatic heterocycles. The van der Waals surface area contributed by atoms with Crippen LogP contribution in [0.1, 0.15) is 44.4 Å². The third kappa shape index (κ3) is 6.38. The maximum atomic E-state index is 10.4. The summed E-state index contributed by atoms with van der Waals surface area (Å²) in [7, 11) is 0. The first-order valence-corrected chi connectivity index (χ1v) is 10.9. The number of rotatable bonds is 9. The molecule has 1 fully saturated rings. The molecule has 1 saturated heterocycles. The van der Waals surface area contributed by atoms with E-state index in [1.54, 1.807) is 0 Å². The van der Waals surface area contributed by atoms with Gasteiger partial charge in [0.25, 0.3) is 0 Å². The number of β-amino-alcohol motifs (C(OH)–C–C–N with tert-alkyl or cyclic N) is 1. The number of nitrogens with zero attached hydrogens (tertiary/aromatic N) is 2. The Hall–Kier alpha value is -1.72. The lowest BCUT2D eigenvalue weighted by Crippen LogP contribution is -2.50. The van der Waals surface area contributed by atoms with Crippen molar-refractivity contribution in [3.8, 4) is 0 Å². The summed E-state index contributed by atoms with van der Waals surface area (Å²) in [5.41, 5.74) is 2.50. The van der Waals surface area contributed by atoms with Crippen LogP contribution in [-0.2, 0) is 4.74 Å². The molecule has 0 bridgehead atoms. The fourth-order valence-corrected chi connectivity index (χ4v) is 3.86. The molecule has 4 heteroatoms. The van der Waals surface area contributed by atoms with Crippen LogP contribution in [0.5, 0.6) is 0 Å². The summed E-state index contributed by atoms with van der Waals surface area (Å²) in [5.74, 6) is 0. The molecule has 29 heavy (non-hydrogen) atoms. The summed E-state index contributed by atoms with van der Waals surface area (Å²) in [4.78, 5) is 4.92. The second-order valence-corrected chi connectivity index (χ2v) is 8.64. The van der Waals surface area contributed by atoms with Crippen LogP contribution in [0, 0.1) is 0 Å². The third-order valence-corrected chi connectivity index (χ3v) is 5.99. The number of aliphatic hydroxyl groups is 1. The zero-order chi connectivity index (χ0) is 20.7. The lowest BCUT2D eigenvalue weighted by Gasteiger charge is -2.40. The number of ether oxygens (including phenoxy) is 1. The van der Waals surface area contributed by atoms with Crippen molar-refractivity contribution in [2.24, 2.45) is 0 Å². The SMILES string of the molecule is CCC(C)(C)OCC(O)CN1CCN(C(c2ccccc2)c2ccccc2)CC1. The van der Waals surface area contributed by atoms with E-state index in [2.05, 4.69) is 91.2 Å². The van der Waals surface area contributed by atoms with E-state index in [-0.39, 0.29) is 11.6 Å². The molecule has 0 radical (unpaired) electrons. The van der Waals surface area contributed by atoms with E-state index in [0.717, 1.165) is 32.6 Å². The van der Waals surface area contributed by atoms with Crippen molar-refractivity contribution in [2.75, 3.05) is 39.3 Å². The summed E-state index contributed by atoms with van der Waals surface area (Å²) in [6.45, 7) is 11.2.